The van der Waals surface area contributed by atoms with Gasteiger partial charge in [0.2, 0.25) is 15.0 Å². The topological polar surface area (TPSA) is 132 Å². The van der Waals surface area contributed by atoms with E-state index >= 15 is 0 Å². The Morgan fingerprint density at radius 3 is 2.67 bits per heavy atom. The maximum atomic E-state index is 14.1. The second kappa shape index (κ2) is 8.39. The molecule has 0 aliphatic carbocycles. The number of hydrogen-bond acceptors (Lipinski definition) is 7. The first-order chi connectivity index (χ1) is 15.5. The summed E-state index contributed by atoms with van der Waals surface area (Å²) in [6, 6.07) is 3.12. The number of nitrogens with zero attached hydrogens (tertiary/aromatic N) is 4. The molecule has 0 radical (unpaired) electrons. The number of fused-ring (bicyclic) bond motifs is 1. The molecule has 1 saturated heterocycles. The van der Waals surface area contributed by atoms with E-state index in [0.29, 0.717) is 18.9 Å². The van der Waals surface area contributed by atoms with Crippen LogP contribution in [0.2, 0.25) is 0 Å². The molecule has 1 unspecified atom stereocenters. The summed E-state index contributed by atoms with van der Waals surface area (Å²) in [6.45, 7) is 0.232. The predicted octanol–water partition coefficient (Wildman–Crippen LogP) is 2.58. The van der Waals surface area contributed by atoms with E-state index in [-0.39, 0.29) is 29.9 Å². The largest absolute Gasteiger partial charge is 0.465 e. The SMILES string of the molecule is CS(=O)(=O)c1ncc2cc(Oc3ccc(F)cc3F)c(=O)n(C3CCCN(C(=O)O)C3)c2n1. The first kappa shape index (κ1) is 22.6. The molecule has 0 saturated carbocycles. The van der Waals surface area contributed by atoms with E-state index in [0.717, 1.165) is 27.9 Å². The molecular formula is C20H18F2N4O6S. The number of hydrogen-bond donors (Lipinski definition) is 1. The molecule has 1 amide bonds. The fourth-order valence-electron chi connectivity index (χ4n) is 3.69. The maximum absolute atomic E-state index is 14.1. The lowest BCUT2D eigenvalue weighted by Gasteiger charge is -2.32. The summed E-state index contributed by atoms with van der Waals surface area (Å²) in [5, 5.41) is 9.08. The smallest absolute Gasteiger partial charge is 0.407 e. The molecule has 0 bridgehead atoms. The minimum atomic E-state index is -3.81. The Morgan fingerprint density at radius 1 is 1.24 bits per heavy atom. The van der Waals surface area contributed by atoms with Crippen molar-refractivity contribution < 1.29 is 31.8 Å². The van der Waals surface area contributed by atoms with Crippen LogP contribution in [0.1, 0.15) is 18.9 Å². The number of amides is 1. The van der Waals surface area contributed by atoms with Crippen LogP contribution >= 0.6 is 0 Å². The van der Waals surface area contributed by atoms with Gasteiger partial charge in [-0.05, 0) is 31.0 Å². The van der Waals surface area contributed by atoms with E-state index in [4.69, 9.17) is 4.74 Å². The number of ether oxygens (including phenoxy) is 1. The average molecular weight is 480 g/mol. The molecule has 1 aliphatic rings. The lowest BCUT2D eigenvalue weighted by atomic mass is 10.1. The molecule has 3 heterocycles. The number of benzene rings is 1. The van der Waals surface area contributed by atoms with Crippen LogP contribution in [0.4, 0.5) is 13.6 Å². The van der Waals surface area contributed by atoms with Crippen molar-refractivity contribution in [2.75, 3.05) is 19.3 Å². The lowest BCUT2D eigenvalue weighted by molar-refractivity contribution is 0.121. The van der Waals surface area contributed by atoms with E-state index in [1.807, 2.05) is 0 Å². The van der Waals surface area contributed by atoms with Crippen molar-refractivity contribution in [3.63, 3.8) is 0 Å². The zero-order chi connectivity index (χ0) is 23.9. The van der Waals surface area contributed by atoms with Gasteiger partial charge in [0.1, 0.15) is 11.5 Å². The van der Waals surface area contributed by atoms with E-state index in [1.165, 1.54) is 12.3 Å². The molecule has 4 rings (SSSR count). The van der Waals surface area contributed by atoms with Crippen molar-refractivity contribution in [3.05, 3.63) is 52.5 Å². The molecule has 3 aromatic rings. The van der Waals surface area contributed by atoms with Crippen molar-refractivity contribution in [1.82, 2.24) is 19.4 Å². The van der Waals surface area contributed by atoms with Crippen molar-refractivity contribution in [1.29, 1.82) is 0 Å². The number of aromatic nitrogens is 3. The summed E-state index contributed by atoms with van der Waals surface area (Å²) < 4.78 is 57.9. The van der Waals surface area contributed by atoms with Gasteiger partial charge in [-0.15, -0.1) is 0 Å². The van der Waals surface area contributed by atoms with Gasteiger partial charge in [-0.1, -0.05) is 0 Å². The van der Waals surface area contributed by atoms with Crippen LogP contribution < -0.4 is 10.3 Å². The van der Waals surface area contributed by atoms with Gasteiger partial charge in [0.25, 0.3) is 5.56 Å². The fourth-order valence-corrected chi connectivity index (χ4v) is 4.18. The molecule has 1 aromatic carbocycles. The molecular weight excluding hydrogens is 462 g/mol. The molecule has 174 valence electrons. The number of pyridine rings is 1. The number of carbonyl (C=O) groups is 1. The van der Waals surface area contributed by atoms with Crippen LogP contribution in [0.3, 0.4) is 0 Å². The second-order valence-corrected chi connectivity index (χ2v) is 9.50. The Balaban J connectivity index is 1.91. The van der Waals surface area contributed by atoms with Crippen LogP contribution in [0.5, 0.6) is 11.5 Å². The zero-order valence-corrected chi connectivity index (χ0v) is 18.1. The standard InChI is InChI=1S/C20H18F2N4O6S/c1-33(30,31)19-23-9-11-7-16(32-15-5-4-12(21)8-14(15)22)18(27)26(17(11)24-19)13-3-2-6-25(10-13)20(28)29/h4-5,7-9,13H,2-3,6,10H2,1H3,(H,28,29). The molecule has 33 heavy (non-hydrogen) atoms. The summed E-state index contributed by atoms with van der Waals surface area (Å²) in [6.07, 6.45) is 1.79. The van der Waals surface area contributed by atoms with Gasteiger partial charge in [-0.3, -0.25) is 9.36 Å². The van der Waals surface area contributed by atoms with Crippen LogP contribution in [-0.4, -0.2) is 58.4 Å². The Hall–Kier alpha value is -3.61. The van der Waals surface area contributed by atoms with Crippen molar-refractivity contribution in [2.24, 2.45) is 0 Å². The first-order valence-corrected chi connectivity index (χ1v) is 11.7. The lowest BCUT2D eigenvalue weighted by Crippen LogP contribution is -2.42. The summed E-state index contributed by atoms with van der Waals surface area (Å²) >= 11 is 0. The Bertz CT molecular complexity index is 1430. The van der Waals surface area contributed by atoms with E-state index < -0.39 is 50.1 Å². The number of rotatable bonds is 4. The third-order valence-electron chi connectivity index (χ3n) is 5.20. The molecule has 10 nitrogen and oxygen atoms in total. The van der Waals surface area contributed by atoms with Crippen LogP contribution in [-0.2, 0) is 9.84 Å². The van der Waals surface area contributed by atoms with Crippen LogP contribution in [0.15, 0.2) is 40.4 Å². The van der Waals surface area contributed by atoms with Gasteiger partial charge in [0.05, 0.1) is 6.04 Å². The van der Waals surface area contributed by atoms with Crippen molar-refractivity contribution in [2.45, 2.75) is 24.0 Å². The number of sulfone groups is 1. The molecule has 2 aromatic heterocycles. The number of halogens is 2. The van der Waals surface area contributed by atoms with E-state index in [1.54, 1.807) is 0 Å². The van der Waals surface area contributed by atoms with Crippen LogP contribution in [0.25, 0.3) is 11.0 Å². The highest BCUT2D eigenvalue weighted by molar-refractivity contribution is 7.90. The molecule has 1 atom stereocenters. The van der Waals surface area contributed by atoms with Gasteiger partial charge in [-0.2, -0.15) is 4.98 Å². The predicted molar refractivity (Wildman–Crippen MR) is 111 cm³/mol. The zero-order valence-electron chi connectivity index (χ0n) is 17.2. The number of piperidine rings is 1. The summed E-state index contributed by atoms with van der Waals surface area (Å²) in [5.74, 6) is -2.59. The number of likely N-dealkylation sites (tertiary alicyclic amines) is 1. The molecule has 1 fully saturated rings. The van der Waals surface area contributed by atoms with Gasteiger partial charge >= 0.3 is 6.09 Å². The summed E-state index contributed by atoms with van der Waals surface area (Å²) in [5.41, 5.74) is -0.804. The van der Waals surface area contributed by atoms with Gasteiger partial charge in [-0.25, -0.2) is 27.0 Å². The molecule has 1 N–H and O–H groups in total. The highest BCUT2D eigenvalue weighted by atomic mass is 32.2. The fraction of sp³-hybridized carbons (Fsp3) is 0.300. The molecule has 13 heteroatoms. The minimum Gasteiger partial charge on any atom is -0.465 e. The van der Waals surface area contributed by atoms with E-state index in [9.17, 15) is 31.9 Å². The third-order valence-corrected chi connectivity index (χ3v) is 6.06. The maximum Gasteiger partial charge on any atom is 0.407 e. The monoisotopic (exact) mass is 480 g/mol. The van der Waals surface area contributed by atoms with Crippen molar-refractivity contribution in [3.8, 4) is 11.5 Å². The van der Waals surface area contributed by atoms with Gasteiger partial charge < -0.3 is 14.7 Å². The molecule has 0 spiro atoms. The number of carboxylic acid groups (broad SMARTS) is 1. The minimum absolute atomic E-state index is 0.0282. The average Bonchev–Trinajstić information content (AvgIpc) is 2.75. The van der Waals surface area contributed by atoms with E-state index in [2.05, 4.69) is 9.97 Å². The highest BCUT2D eigenvalue weighted by Crippen LogP contribution is 2.29. The third kappa shape index (κ3) is 4.49. The molecule has 1 aliphatic heterocycles. The normalized spacial score (nSPS) is 16.7. The highest BCUT2D eigenvalue weighted by Gasteiger charge is 2.28. The Labute approximate surface area is 186 Å². The quantitative estimate of drug-likeness (QED) is 0.564. The Morgan fingerprint density at radius 2 is 2.00 bits per heavy atom. The van der Waals surface area contributed by atoms with Gasteiger partial charge in [0, 0.05) is 37.0 Å². The van der Waals surface area contributed by atoms with Crippen LogP contribution in [0, 0.1) is 11.6 Å². The summed E-state index contributed by atoms with van der Waals surface area (Å²) in [7, 11) is -3.81. The first-order valence-electron chi connectivity index (χ1n) is 9.77. The summed E-state index contributed by atoms with van der Waals surface area (Å²) in [4.78, 5) is 33.8. The Kier molecular flexibility index (Phi) is 5.74. The second-order valence-electron chi connectivity index (χ2n) is 7.59. The van der Waals surface area contributed by atoms with Gasteiger partial charge in [0.15, 0.2) is 17.3 Å². The van der Waals surface area contributed by atoms with Crippen molar-refractivity contribution >= 4 is 27.0 Å².